The first-order chi connectivity index (χ1) is 10.6. The molecule has 2 aromatic rings. The summed E-state index contributed by atoms with van der Waals surface area (Å²) in [6.07, 6.45) is -0.559. The molecule has 114 valence electrons. The molecule has 0 saturated heterocycles. The van der Waals surface area contributed by atoms with Crippen LogP contribution < -0.4 is 14.8 Å². The number of carbonyl (C=O) groups is 1. The number of carbonyl (C=O) groups excluding carboxylic acids is 1. The summed E-state index contributed by atoms with van der Waals surface area (Å²) in [6.45, 7) is 0. The molecule has 1 aliphatic rings. The van der Waals surface area contributed by atoms with Crippen molar-refractivity contribution < 1.29 is 19.0 Å². The number of rotatable bonds is 4. The highest BCUT2D eigenvalue weighted by atomic mass is 79.9. The van der Waals surface area contributed by atoms with E-state index in [-0.39, 0.29) is 0 Å². The van der Waals surface area contributed by atoms with Crippen LogP contribution in [0, 0.1) is 0 Å². The zero-order chi connectivity index (χ0) is 15.7. The molecule has 0 aliphatic carbocycles. The van der Waals surface area contributed by atoms with E-state index in [1.54, 1.807) is 12.1 Å². The Kier molecular flexibility index (Phi) is 3.94. The van der Waals surface area contributed by atoms with Gasteiger partial charge in [0.05, 0.1) is 14.2 Å². The first kappa shape index (κ1) is 14.7. The van der Waals surface area contributed by atoms with Crippen LogP contribution in [0.3, 0.4) is 0 Å². The van der Waals surface area contributed by atoms with Gasteiger partial charge in [-0.05, 0) is 30.3 Å². The fourth-order valence-electron chi connectivity index (χ4n) is 2.44. The number of fused-ring (bicyclic) bond motifs is 1. The van der Waals surface area contributed by atoms with Gasteiger partial charge in [0.25, 0.3) is 0 Å². The quantitative estimate of drug-likeness (QED) is 0.838. The maximum Gasteiger partial charge on any atom is 0.344 e. The summed E-state index contributed by atoms with van der Waals surface area (Å²) in [4.78, 5) is 12.2. The van der Waals surface area contributed by atoms with E-state index in [0.717, 1.165) is 15.7 Å². The fraction of sp³-hybridized carbons (Fsp3) is 0.188. The lowest BCUT2D eigenvalue weighted by Gasteiger charge is -2.15. The molecule has 0 radical (unpaired) electrons. The van der Waals surface area contributed by atoms with Gasteiger partial charge in [-0.1, -0.05) is 22.0 Å². The Morgan fingerprint density at radius 3 is 2.68 bits per heavy atom. The molecule has 3 rings (SSSR count). The molecule has 2 aromatic carbocycles. The summed E-state index contributed by atoms with van der Waals surface area (Å²) in [5, 5.41) is 3.19. The van der Waals surface area contributed by atoms with Gasteiger partial charge in [0.15, 0.2) is 11.5 Å². The number of nitrogens with one attached hydrogen (secondary N) is 1. The molecule has 1 N–H and O–H groups in total. The lowest BCUT2D eigenvalue weighted by molar-refractivity contribution is 0.0435. The second-order valence-electron chi connectivity index (χ2n) is 4.71. The molecular formula is C16H14BrNO4. The molecule has 0 bridgehead atoms. The summed E-state index contributed by atoms with van der Waals surface area (Å²) < 4.78 is 16.9. The van der Waals surface area contributed by atoms with Crippen molar-refractivity contribution in [2.75, 3.05) is 19.5 Å². The summed E-state index contributed by atoms with van der Waals surface area (Å²) in [5.41, 5.74) is 1.96. The molecule has 0 amide bonds. The first-order valence-electron chi connectivity index (χ1n) is 6.62. The molecule has 0 saturated carbocycles. The van der Waals surface area contributed by atoms with Crippen LogP contribution in [-0.2, 0) is 4.74 Å². The van der Waals surface area contributed by atoms with E-state index in [4.69, 9.17) is 14.2 Å². The van der Waals surface area contributed by atoms with Crippen LogP contribution in [0.4, 0.5) is 5.69 Å². The molecule has 0 spiro atoms. The Balaban J connectivity index is 1.98. The largest absolute Gasteiger partial charge is 0.493 e. The number of methoxy groups -OCH3 is 2. The molecular weight excluding hydrogens is 350 g/mol. The first-order valence-corrected chi connectivity index (χ1v) is 7.41. The Labute approximate surface area is 136 Å². The Morgan fingerprint density at radius 1 is 1.18 bits per heavy atom. The van der Waals surface area contributed by atoms with Crippen molar-refractivity contribution in [2.24, 2.45) is 0 Å². The number of cyclic esters (lactones) is 1. The normalized spacial score (nSPS) is 16.0. The predicted octanol–water partition coefficient (Wildman–Crippen LogP) is 3.75. The number of anilines is 1. The highest BCUT2D eigenvalue weighted by Crippen LogP contribution is 2.42. The van der Waals surface area contributed by atoms with Crippen molar-refractivity contribution in [1.82, 2.24) is 0 Å². The van der Waals surface area contributed by atoms with Gasteiger partial charge in [-0.15, -0.1) is 0 Å². The van der Waals surface area contributed by atoms with Crippen molar-refractivity contribution in [3.05, 3.63) is 52.0 Å². The smallest absolute Gasteiger partial charge is 0.344 e. The minimum absolute atomic E-state index is 0.392. The van der Waals surface area contributed by atoms with E-state index >= 15 is 0 Å². The molecule has 22 heavy (non-hydrogen) atoms. The Morgan fingerprint density at radius 2 is 2.00 bits per heavy atom. The minimum Gasteiger partial charge on any atom is -0.493 e. The van der Waals surface area contributed by atoms with Crippen molar-refractivity contribution in [3.8, 4) is 11.5 Å². The standard InChI is InChI=1S/C16H14BrNO4/c1-20-12-7-6-11-13(14(12)21-2)16(19)22-15(11)18-10-5-3-4-9(17)8-10/h3-8,15,18H,1-2H3/t15-/m1/s1. The second kappa shape index (κ2) is 5.88. The van der Waals surface area contributed by atoms with Gasteiger partial charge in [0, 0.05) is 15.7 Å². The average Bonchev–Trinajstić information content (AvgIpc) is 2.82. The molecule has 1 heterocycles. The van der Waals surface area contributed by atoms with Crippen LogP contribution in [0.1, 0.15) is 22.1 Å². The third kappa shape index (κ3) is 2.50. The minimum atomic E-state index is -0.559. The summed E-state index contributed by atoms with van der Waals surface area (Å²) in [7, 11) is 3.03. The van der Waals surface area contributed by atoms with Gasteiger partial charge >= 0.3 is 5.97 Å². The van der Waals surface area contributed by atoms with Gasteiger partial charge in [0.1, 0.15) is 5.56 Å². The SMILES string of the molecule is COc1ccc2c(c1OC)C(=O)O[C@H]2Nc1cccc(Br)c1. The summed E-state index contributed by atoms with van der Waals surface area (Å²) in [5.74, 6) is 0.461. The van der Waals surface area contributed by atoms with Crippen LogP contribution in [0.2, 0.25) is 0 Å². The van der Waals surface area contributed by atoms with Gasteiger partial charge < -0.3 is 19.5 Å². The van der Waals surface area contributed by atoms with Crippen molar-refractivity contribution >= 4 is 27.6 Å². The van der Waals surface area contributed by atoms with Crippen molar-refractivity contribution in [1.29, 1.82) is 0 Å². The number of benzene rings is 2. The second-order valence-corrected chi connectivity index (χ2v) is 5.62. The number of esters is 1. The fourth-order valence-corrected chi connectivity index (χ4v) is 2.84. The van der Waals surface area contributed by atoms with Crippen LogP contribution >= 0.6 is 15.9 Å². The van der Waals surface area contributed by atoms with Crippen LogP contribution in [0.5, 0.6) is 11.5 Å². The topological polar surface area (TPSA) is 56.8 Å². The molecule has 1 aliphatic heterocycles. The highest BCUT2D eigenvalue weighted by Gasteiger charge is 2.35. The van der Waals surface area contributed by atoms with Gasteiger partial charge in [-0.25, -0.2) is 4.79 Å². The van der Waals surface area contributed by atoms with Gasteiger partial charge in [-0.3, -0.25) is 0 Å². The molecule has 0 aromatic heterocycles. The lowest BCUT2D eigenvalue weighted by atomic mass is 10.1. The van der Waals surface area contributed by atoms with Crippen molar-refractivity contribution in [2.45, 2.75) is 6.23 Å². The average molecular weight is 364 g/mol. The van der Waals surface area contributed by atoms with Gasteiger partial charge in [0.2, 0.25) is 6.23 Å². The highest BCUT2D eigenvalue weighted by molar-refractivity contribution is 9.10. The maximum absolute atomic E-state index is 12.2. The summed E-state index contributed by atoms with van der Waals surface area (Å²) in [6, 6.07) is 11.2. The number of halogens is 1. The van der Waals surface area contributed by atoms with E-state index in [9.17, 15) is 4.79 Å². The molecule has 0 fully saturated rings. The van der Waals surface area contributed by atoms with E-state index in [0.29, 0.717) is 17.1 Å². The molecule has 6 heteroatoms. The van der Waals surface area contributed by atoms with E-state index in [1.807, 2.05) is 24.3 Å². The zero-order valence-electron chi connectivity index (χ0n) is 12.1. The van der Waals surface area contributed by atoms with Gasteiger partial charge in [-0.2, -0.15) is 0 Å². The maximum atomic E-state index is 12.2. The number of hydrogen-bond acceptors (Lipinski definition) is 5. The Hall–Kier alpha value is -2.21. The zero-order valence-corrected chi connectivity index (χ0v) is 13.6. The van der Waals surface area contributed by atoms with E-state index < -0.39 is 12.2 Å². The van der Waals surface area contributed by atoms with Crippen LogP contribution in [0.15, 0.2) is 40.9 Å². The number of ether oxygens (including phenoxy) is 3. The molecule has 0 unspecified atom stereocenters. The lowest BCUT2D eigenvalue weighted by Crippen LogP contribution is -2.10. The number of hydrogen-bond donors (Lipinski definition) is 1. The summed E-state index contributed by atoms with van der Waals surface area (Å²) >= 11 is 3.41. The monoisotopic (exact) mass is 363 g/mol. The molecule has 5 nitrogen and oxygen atoms in total. The van der Waals surface area contributed by atoms with E-state index in [2.05, 4.69) is 21.2 Å². The van der Waals surface area contributed by atoms with Crippen LogP contribution in [-0.4, -0.2) is 20.2 Å². The molecule has 1 atom stereocenters. The predicted molar refractivity (Wildman–Crippen MR) is 85.5 cm³/mol. The van der Waals surface area contributed by atoms with Crippen molar-refractivity contribution in [3.63, 3.8) is 0 Å². The third-order valence-electron chi connectivity index (χ3n) is 3.41. The third-order valence-corrected chi connectivity index (χ3v) is 3.90. The van der Waals surface area contributed by atoms with Crippen LogP contribution in [0.25, 0.3) is 0 Å². The van der Waals surface area contributed by atoms with E-state index in [1.165, 1.54) is 14.2 Å². The Bertz CT molecular complexity index is 732.